The van der Waals surface area contributed by atoms with E-state index in [9.17, 15) is 4.79 Å². The van der Waals surface area contributed by atoms with E-state index in [0.29, 0.717) is 30.1 Å². The fraction of sp³-hybridized carbons (Fsp3) is 0.176. The van der Waals surface area contributed by atoms with Crippen molar-refractivity contribution < 1.29 is 13.9 Å². The van der Waals surface area contributed by atoms with Crippen LogP contribution in [0.3, 0.4) is 0 Å². The van der Waals surface area contributed by atoms with Gasteiger partial charge in [-0.1, -0.05) is 30.3 Å². The standard InChI is InChI=1S/C17H16N2O3/c1-2-21-17(20)13-11-14(12-7-4-3-5-8-12)18-19-16(13)15-9-6-10-22-15/h3-10,19H,2,11H2,1H3. The lowest BCUT2D eigenvalue weighted by molar-refractivity contribution is -0.138. The molecular formula is C17H16N2O3. The smallest absolute Gasteiger partial charge is 0.336 e. The maximum Gasteiger partial charge on any atom is 0.336 e. The van der Waals surface area contributed by atoms with Crippen LogP contribution < -0.4 is 5.43 Å². The molecule has 0 fully saturated rings. The van der Waals surface area contributed by atoms with E-state index in [2.05, 4.69) is 10.5 Å². The van der Waals surface area contributed by atoms with Gasteiger partial charge < -0.3 is 9.15 Å². The summed E-state index contributed by atoms with van der Waals surface area (Å²) >= 11 is 0. The first-order chi connectivity index (χ1) is 10.8. The molecule has 0 saturated heterocycles. The van der Waals surface area contributed by atoms with Crippen LogP contribution in [0.4, 0.5) is 0 Å². The molecule has 0 spiro atoms. The van der Waals surface area contributed by atoms with Crippen molar-refractivity contribution in [2.24, 2.45) is 5.10 Å². The predicted octanol–water partition coefficient (Wildman–Crippen LogP) is 2.95. The number of nitrogens with one attached hydrogen (secondary N) is 1. The summed E-state index contributed by atoms with van der Waals surface area (Å²) in [5, 5.41) is 4.37. The zero-order chi connectivity index (χ0) is 15.4. The molecule has 1 aliphatic rings. The Hall–Kier alpha value is -2.82. The Labute approximate surface area is 128 Å². The van der Waals surface area contributed by atoms with Crippen LogP contribution in [-0.2, 0) is 9.53 Å². The fourth-order valence-corrected chi connectivity index (χ4v) is 2.30. The summed E-state index contributed by atoms with van der Waals surface area (Å²) in [6, 6.07) is 13.3. The molecule has 0 atom stereocenters. The number of benzene rings is 1. The predicted molar refractivity (Wildman–Crippen MR) is 83.0 cm³/mol. The van der Waals surface area contributed by atoms with Crippen molar-refractivity contribution in [3.8, 4) is 0 Å². The first-order valence-electron chi connectivity index (χ1n) is 7.11. The van der Waals surface area contributed by atoms with Crippen molar-refractivity contribution in [1.82, 2.24) is 5.43 Å². The third-order valence-corrected chi connectivity index (χ3v) is 3.35. The van der Waals surface area contributed by atoms with Crippen molar-refractivity contribution in [3.05, 3.63) is 65.6 Å². The Morgan fingerprint density at radius 3 is 2.77 bits per heavy atom. The van der Waals surface area contributed by atoms with Gasteiger partial charge >= 0.3 is 5.97 Å². The number of ether oxygens (including phenoxy) is 1. The van der Waals surface area contributed by atoms with E-state index < -0.39 is 0 Å². The highest BCUT2D eigenvalue weighted by Crippen LogP contribution is 2.25. The Balaban J connectivity index is 1.95. The van der Waals surface area contributed by atoms with Crippen molar-refractivity contribution in [1.29, 1.82) is 0 Å². The Bertz CT molecular complexity index is 716. The quantitative estimate of drug-likeness (QED) is 0.881. The normalized spacial score (nSPS) is 14.3. The van der Waals surface area contributed by atoms with Crippen LogP contribution in [0.2, 0.25) is 0 Å². The lowest BCUT2D eigenvalue weighted by Gasteiger charge is -2.19. The lowest BCUT2D eigenvalue weighted by Crippen LogP contribution is -2.24. The van der Waals surface area contributed by atoms with Crippen LogP contribution in [0.25, 0.3) is 5.70 Å². The average Bonchev–Trinajstić information content (AvgIpc) is 3.10. The Morgan fingerprint density at radius 1 is 1.27 bits per heavy atom. The number of nitrogens with zero attached hydrogens (tertiary/aromatic N) is 1. The third kappa shape index (κ3) is 2.79. The van der Waals surface area contributed by atoms with Crippen molar-refractivity contribution in [2.45, 2.75) is 13.3 Å². The monoisotopic (exact) mass is 296 g/mol. The molecule has 2 aromatic rings. The summed E-state index contributed by atoms with van der Waals surface area (Å²) in [4.78, 5) is 12.3. The molecule has 1 N–H and O–H groups in total. The van der Waals surface area contributed by atoms with E-state index >= 15 is 0 Å². The largest absolute Gasteiger partial charge is 0.463 e. The van der Waals surface area contributed by atoms with Crippen LogP contribution in [0.1, 0.15) is 24.7 Å². The summed E-state index contributed by atoms with van der Waals surface area (Å²) < 4.78 is 10.5. The van der Waals surface area contributed by atoms with Crippen molar-refractivity contribution in [3.63, 3.8) is 0 Å². The fourth-order valence-electron chi connectivity index (χ4n) is 2.30. The van der Waals surface area contributed by atoms with Gasteiger partial charge in [-0.2, -0.15) is 5.10 Å². The third-order valence-electron chi connectivity index (χ3n) is 3.35. The average molecular weight is 296 g/mol. The molecule has 1 aromatic carbocycles. The molecule has 0 unspecified atom stereocenters. The summed E-state index contributed by atoms with van der Waals surface area (Å²) in [7, 11) is 0. The molecule has 112 valence electrons. The van der Waals surface area contributed by atoms with Gasteiger partial charge in [0.15, 0.2) is 5.76 Å². The molecule has 0 bridgehead atoms. The first-order valence-corrected chi connectivity index (χ1v) is 7.11. The molecule has 1 aromatic heterocycles. The highest BCUT2D eigenvalue weighted by molar-refractivity contribution is 6.10. The minimum absolute atomic E-state index is 0.325. The summed E-state index contributed by atoms with van der Waals surface area (Å²) in [5.74, 6) is 0.212. The van der Waals surface area contributed by atoms with Gasteiger partial charge in [0.1, 0.15) is 5.70 Å². The second-order valence-corrected chi connectivity index (χ2v) is 4.76. The number of carbonyl (C=O) groups is 1. The van der Waals surface area contributed by atoms with Crippen LogP contribution in [0.15, 0.2) is 63.8 Å². The second kappa shape index (κ2) is 6.30. The van der Waals surface area contributed by atoms with Gasteiger partial charge in [-0.05, 0) is 24.6 Å². The van der Waals surface area contributed by atoms with E-state index in [1.807, 2.05) is 30.3 Å². The van der Waals surface area contributed by atoms with E-state index in [-0.39, 0.29) is 5.97 Å². The zero-order valence-electron chi connectivity index (χ0n) is 12.2. The SMILES string of the molecule is CCOC(=O)C1=C(c2ccco2)NN=C(c2ccccc2)C1. The van der Waals surface area contributed by atoms with Crippen LogP contribution in [-0.4, -0.2) is 18.3 Å². The van der Waals surface area contributed by atoms with Gasteiger partial charge in [0.25, 0.3) is 0 Å². The number of hydrogen-bond donors (Lipinski definition) is 1. The lowest BCUT2D eigenvalue weighted by atomic mass is 9.99. The van der Waals surface area contributed by atoms with E-state index in [1.54, 1.807) is 25.3 Å². The molecule has 0 amide bonds. The van der Waals surface area contributed by atoms with Crippen molar-refractivity contribution in [2.75, 3.05) is 6.61 Å². The highest BCUT2D eigenvalue weighted by atomic mass is 16.5. The molecule has 0 aliphatic carbocycles. The van der Waals surface area contributed by atoms with E-state index in [4.69, 9.17) is 9.15 Å². The Kier molecular flexibility index (Phi) is 4.05. The molecule has 2 heterocycles. The molecule has 0 radical (unpaired) electrons. The first kappa shape index (κ1) is 14.1. The summed E-state index contributed by atoms with van der Waals surface area (Å²) in [6.07, 6.45) is 1.95. The topological polar surface area (TPSA) is 63.8 Å². The minimum atomic E-state index is -0.357. The van der Waals surface area contributed by atoms with Gasteiger partial charge in [0, 0.05) is 6.42 Å². The Morgan fingerprint density at radius 2 is 2.09 bits per heavy atom. The number of hydrazone groups is 1. The second-order valence-electron chi connectivity index (χ2n) is 4.76. The number of rotatable bonds is 4. The number of furan rings is 1. The summed E-state index contributed by atoms with van der Waals surface area (Å²) in [6.45, 7) is 2.11. The maximum absolute atomic E-state index is 12.3. The van der Waals surface area contributed by atoms with Gasteiger partial charge in [-0.25, -0.2) is 4.79 Å². The van der Waals surface area contributed by atoms with Gasteiger partial charge in [0.05, 0.1) is 24.2 Å². The van der Waals surface area contributed by atoms with E-state index in [0.717, 1.165) is 11.3 Å². The molecule has 3 rings (SSSR count). The highest BCUT2D eigenvalue weighted by Gasteiger charge is 2.25. The molecule has 0 saturated carbocycles. The van der Waals surface area contributed by atoms with Crippen LogP contribution in [0.5, 0.6) is 0 Å². The molecular weight excluding hydrogens is 280 g/mol. The number of hydrogen-bond acceptors (Lipinski definition) is 5. The molecule has 1 aliphatic heterocycles. The van der Waals surface area contributed by atoms with Gasteiger partial charge in [0.2, 0.25) is 0 Å². The maximum atomic E-state index is 12.3. The number of carbonyl (C=O) groups excluding carboxylic acids is 1. The molecule has 5 nitrogen and oxygen atoms in total. The van der Waals surface area contributed by atoms with Gasteiger partial charge in [-0.3, -0.25) is 5.43 Å². The number of esters is 1. The van der Waals surface area contributed by atoms with Crippen molar-refractivity contribution >= 4 is 17.4 Å². The van der Waals surface area contributed by atoms with Gasteiger partial charge in [-0.15, -0.1) is 0 Å². The summed E-state index contributed by atoms with van der Waals surface area (Å²) in [5.41, 5.74) is 5.77. The minimum Gasteiger partial charge on any atom is -0.463 e. The molecule has 5 heteroatoms. The molecule has 22 heavy (non-hydrogen) atoms. The van der Waals surface area contributed by atoms with E-state index in [1.165, 1.54) is 0 Å². The van der Waals surface area contributed by atoms with Crippen LogP contribution >= 0.6 is 0 Å². The van der Waals surface area contributed by atoms with Crippen LogP contribution in [0, 0.1) is 0 Å². The zero-order valence-corrected chi connectivity index (χ0v) is 12.2.